The number of halogens is 2. The number of nitrogens with zero attached hydrogens (tertiary/aromatic N) is 1. The van der Waals surface area contributed by atoms with Gasteiger partial charge in [-0.2, -0.15) is 0 Å². The maximum Gasteiger partial charge on any atom is 0.0843 e. The molecule has 0 spiro atoms. The van der Waals surface area contributed by atoms with Gasteiger partial charge in [0.15, 0.2) is 0 Å². The molecule has 0 aliphatic carbocycles. The molecule has 2 rings (SSSR count). The fourth-order valence-corrected chi connectivity index (χ4v) is 4.53. The van der Waals surface area contributed by atoms with Crippen molar-refractivity contribution < 1.29 is 4.74 Å². The van der Waals surface area contributed by atoms with Crippen LogP contribution in [-0.4, -0.2) is 36.7 Å². The summed E-state index contributed by atoms with van der Waals surface area (Å²) >= 11 is 8.85. The Morgan fingerprint density at radius 3 is 2.83 bits per heavy atom. The summed E-state index contributed by atoms with van der Waals surface area (Å²) in [5.41, 5.74) is 6.00. The van der Waals surface area contributed by atoms with Crippen molar-refractivity contribution in [2.75, 3.05) is 19.7 Å². The van der Waals surface area contributed by atoms with E-state index in [9.17, 15) is 0 Å². The van der Waals surface area contributed by atoms with Crippen LogP contribution in [0.5, 0.6) is 0 Å². The highest BCUT2D eigenvalue weighted by Gasteiger charge is 2.30. The molecule has 102 valence electrons. The van der Waals surface area contributed by atoms with Crippen LogP contribution in [0.4, 0.5) is 0 Å². The molecule has 3 unspecified atom stereocenters. The van der Waals surface area contributed by atoms with Gasteiger partial charge in [-0.25, -0.2) is 0 Å². The predicted octanol–water partition coefficient (Wildman–Crippen LogP) is 3.38. The van der Waals surface area contributed by atoms with Crippen molar-refractivity contribution >= 4 is 43.2 Å². The lowest BCUT2D eigenvalue weighted by molar-refractivity contribution is -0.0648. The van der Waals surface area contributed by atoms with Crippen LogP contribution >= 0.6 is 43.2 Å². The number of nitrogens with two attached hydrogens (primary N) is 1. The van der Waals surface area contributed by atoms with Crippen LogP contribution in [0.25, 0.3) is 0 Å². The van der Waals surface area contributed by atoms with E-state index in [2.05, 4.69) is 56.7 Å². The lowest BCUT2D eigenvalue weighted by Gasteiger charge is -2.41. The van der Waals surface area contributed by atoms with Gasteiger partial charge in [0.1, 0.15) is 0 Å². The van der Waals surface area contributed by atoms with E-state index < -0.39 is 0 Å². The van der Waals surface area contributed by atoms with E-state index in [0.29, 0.717) is 12.6 Å². The summed E-state index contributed by atoms with van der Waals surface area (Å²) in [6.07, 6.45) is 0.280. The van der Waals surface area contributed by atoms with E-state index in [-0.39, 0.29) is 12.1 Å². The summed E-state index contributed by atoms with van der Waals surface area (Å²) in [6, 6.07) is 2.85. The Morgan fingerprint density at radius 2 is 2.28 bits per heavy atom. The minimum Gasteiger partial charge on any atom is -0.376 e. The van der Waals surface area contributed by atoms with Crippen molar-refractivity contribution in [3.63, 3.8) is 0 Å². The molecule has 0 saturated carbocycles. The molecule has 0 aromatic carbocycles. The summed E-state index contributed by atoms with van der Waals surface area (Å²) in [5.74, 6) is 0. The summed E-state index contributed by atoms with van der Waals surface area (Å²) in [5, 5.41) is 0. The molecule has 1 aliphatic rings. The first-order valence-corrected chi connectivity index (χ1v) is 8.45. The molecular formula is C12H18Br2N2OS. The number of hydrogen-bond donors (Lipinski definition) is 1. The molecule has 1 aromatic rings. The van der Waals surface area contributed by atoms with Crippen LogP contribution in [0.2, 0.25) is 0 Å². The maximum atomic E-state index is 6.00. The van der Waals surface area contributed by atoms with Crippen LogP contribution in [0.1, 0.15) is 24.8 Å². The number of morpholine rings is 1. The molecule has 3 atom stereocenters. The fourth-order valence-electron chi connectivity index (χ4n) is 2.31. The quantitative estimate of drug-likeness (QED) is 0.849. The maximum absolute atomic E-state index is 6.00. The smallest absolute Gasteiger partial charge is 0.0843 e. The van der Waals surface area contributed by atoms with Gasteiger partial charge in [-0.1, -0.05) is 0 Å². The molecule has 3 nitrogen and oxygen atoms in total. The molecule has 2 N–H and O–H groups in total. The monoisotopic (exact) mass is 396 g/mol. The van der Waals surface area contributed by atoms with Crippen LogP contribution in [0.15, 0.2) is 14.3 Å². The molecule has 18 heavy (non-hydrogen) atoms. The molecule has 1 fully saturated rings. The van der Waals surface area contributed by atoms with Gasteiger partial charge in [-0.15, -0.1) is 11.3 Å². The second-order valence-electron chi connectivity index (χ2n) is 4.71. The lowest BCUT2D eigenvalue weighted by Crippen LogP contribution is -2.50. The second kappa shape index (κ2) is 6.33. The highest BCUT2D eigenvalue weighted by Crippen LogP contribution is 2.38. The van der Waals surface area contributed by atoms with E-state index in [1.165, 1.54) is 4.88 Å². The Balaban J connectivity index is 2.21. The first-order valence-electron chi connectivity index (χ1n) is 6.05. The largest absolute Gasteiger partial charge is 0.376 e. The van der Waals surface area contributed by atoms with Crippen molar-refractivity contribution in [3.8, 4) is 0 Å². The Morgan fingerprint density at radius 1 is 1.56 bits per heavy atom. The van der Waals surface area contributed by atoms with Gasteiger partial charge in [-0.3, -0.25) is 4.90 Å². The minimum atomic E-state index is 0.277. The summed E-state index contributed by atoms with van der Waals surface area (Å²) < 4.78 is 7.92. The van der Waals surface area contributed by atoms with Crippen LogP contribution in [-0.2, 0) is 4.74 Å². The van der Waals surface area contributed by atoms with Crippen molar-refractivity contribution in [3.05, 3.63) is 19.2 Å². The zero-order valence-corrected chi connectivity index (χ0v) is 14.5. The first kappa shape index (κ1) is 14.9. The number of rotatable bonds is 3. The molecule has 1 saturated heterocycles. The highest BCUT2D eigenvalue weighted by molar-refractivity contribution is 9.13. The summed E-state index contributed by atoms with van der Waals surface area (Å²) in [6.45, 7) is 6.68. The molecule has 0 amide bonds. The van der Waals surface area contributed by atoms with Gasteiger partial charge >= 0.3 is 0 Å². The number of ether oxygens (including phenoxy) is 1. The number of hydrogen-bond acceptors (Lipinski definition) is 4. The van der Waals surface area contributed by atoms with Gasteiger partial charge in [0, 0.05) is 28.5 Å². The summed E-state index contributed by atoms with van der Waals surface area (Å²) in [4.78, 5) is 3.76. The van der Waals surface area contributed by atoms with Crippen LogP contribution < -0.4 is 5.73 Å². The fraction of sp³-hybridized carbons (Fsp3) is 0.667. The van der Waals surface area contributed by atoms with E-state index in [4.69, 9.17) is 10.5 Å². The predicted molar refractivity (Wildman–Crippen MR) is 83.1 cm³/mol. The van der Waals surface area contributed by atoms with Crippen molar-refractivity contribution in [1.29, 1.82) is 0 Å². The van der Waals surface area contributed by atoms with Gasteiger partial charge < -0.3 is 10.5 Å². The zero-order chi connectivity index (χ0) is 13.3. The Hall–Kier alpha value is 0.540. The molecule has 2 heterocycles. The van der Waals surface area contributed by atoms with E-state index in [1.54, 1.807) is 11.3 Å². The third kappa shape index (κ3) is 3.16. The van der Waals surface area contributed by atoms with Gasteiger partial charge in [-0.05, 0) is 51.8 Å². The van der Waals surface area contributed by atoms with Crippen molar-refractivity contribution in [1.82, 2.24) is 4.90 Å². The third-order valence-corrected chi connectivity index (χ3v) is 6.63. The third-order valence-electron chi connectivity index (χ3n) is 3.27. The van der Waals surface area contributed by atoms with Gasteiger partial charge in [0.25, 0.3) is 0 Å². The standard InChI is InChI=1S/C12H18Br2N2OS/c1-7-6-17-8(2)5-16(7)10(4-15)11-3-9(13)12(14)18-11/h3,7-8,10H,4-6,15H2,1-2H3. The van der Waals surface area contributed by atoms with Gasteiger partial charge in [0.2, 0.25) is 0 Å². The van der Waals surface area contributed by atoms with E-state index >= 15 is 0 Å². The Labute approximate surface area is 129 Å². The zero-order valence-electron chi connectivity index (χ0n) is 10.5. The molecular weight excluding hydrogens is 380 g/mol. The summed E-state index contributed by atoms with van der Waals surface area (Å²) in [7, 11) is 0. The van der Waals surface area contributed by atoms with E-state index in [1.807, 2.05) is 0 Å². The van der Waals surface area contributed by atoms with E-state index in [0.717, 1.165) is 21.4 Å². The van der Waals surface area contributed by atoms with Crippen LogP contribution in [0, 0.1) is 0 Å². The first-order chi connectivity index (χ1) is 8.52. The van der Waals surface area contributed by atoms with Crippen LogP contribution in [0.3, 0.4) is 0 Å². The minimum absolute atomic E-state index is 0.277. The SMILES string of the molecule is CC1CN(C(CN)c2cc(Br)c(Br)s2)C(C)CO1. The number of thiophene rings is 1. The topological polar surface area (TPSA) is 38.5 Å². The average molecular weight is 398 g/mol. The Kier molecular flexibility index (Phi) is 5.25. The average Bonchev–Trinajstić information content (AvgIpc) is 2.65. The molecule has 0 radical (unpaired) electrons. The Bertz CT molecular complexity index is 393. The molecule has 0 bridgehead atoms. The normalized spacial score (nSPS) is 27.4. The van der Waals surface area contributed by atoms with Gasteiger partial charge in [0.05, 0.1) is 22.5 Å². The highest BCUT2D eigenvalue weighted by atomic mass is 79.9. The second-order valence-corrected chi connectivity index (χ2v) is 7.97. The van der Waals surface area contributed by atoms with Crippen molar-refractivity contribution in [2.45, 2.75) is 32.0 Å². The molecule has 6 heteroatoms. The lowest BCUT2D eigenvalue weighted by atomic mass is 10.1. The van der Waals surface area contributed by atoms with Crippen molar-refractivity contribution in [2.24, 2.45) is 5.73 Å². The molecule has 1 aromatic heterocycles. The molecule has 1 aliphatic heterocycles.